The third kappa shape index (κ3) is 3.66. The fraction of sp³-hybridized carbons (Fsp3) is 0.444. The molecule has 2 aromatic rings. The van der Waals surface area contributed by atoms with Crippen LogP contribution in [0.5, 0.6) is 0 Å². The van der Waals surface area contributed by atoms with Gasteiger partial charge in [-0.1, -0.05) is 26.0 Å². The first-order chi connectivity index (χ1) is 11.6. The van der Waals surface area contributed by atoms with Gasteiger partial charge in [-0.15, -0.1) is 0 Å². The van der Waals surface area contributed by atoms with Crippen LogP contribution >= 0.6 is 0 Å². The molecule has 0 fully saturated rings. The molecular weight excluding hydrogens is 304 g/mol. The summed E-state index contributed by atoms with van der Waals surface area (Å²) < 4.78 is 0. The van der Waals surface area contributed by atoms with Gasteiger partial charge in [0.15, 0.2) is 0 Å². The molecule has 1 amide bonds. The second kappa shape index (κ2) is 7.15. The lowest BCUT2D eigenvalue weighted by molar-refractivity contribution is -0.117. The van der Waals surface area contributed by atoms with Crippen molar-refractivity contribution in [1.29, 1.82) is 0 Å². The second-order valence-electron chi connectivity index (χ2n) is 6.57. The van der Waals surface area contributed by atoms with E-state index in [1.165, 1.54) is 5.56 Å². The minimum Gasteiger partial charge on any atom is -0.390 e. The van der Waals surface area contributed by atoms with E-state index in [0.717, 1.165) is 29.9 Å². The normalized spacial score (nSPS) is 14.7. The molecule has 6 nitrogen and oxygen atoms in total. The lowest BCUT2D eigenvalue weighted by atomic mass is 10.0. The van der Waals surface area contributed by atoms with Crippen molar-refractivity contribution >= 4 is 11.6 Å². The predicted molar refractivity (Wildman–Crippen MR) is 92.7 cm³/mol. The Balaban J connectivity index is 1.57. The smallest absolute Gasteiger partial charge is 0.238 e. The van der Waals surface area contributed by atoms with Gasteiger partial charge in [0.2, 0.25) is 5.91 Å². The third-order valence-electron chi connectivity index (χ3n) is 4.48. The van der Waals surface area contributed by atoms with Gasteiger partial charge in [-0.2, -0.15) is 5.10 Å². The number of aliphatic hydroxyl groups excluding tert-OH is 1. The maximum Gasteiger partial charge on any atom is 0.238 e. The number of nitrogens with one attached hydrogen (secondary N) is 2. The molecule has 0 unspecified atom stereocenters. The average molecular weight is 328 g/mol. The summed E-state index contributed by atoms with van der Waals surface area (Å²) in [4.78, 5) is 14.4. The summed E-state index contributed by atoms with van der Waals surface area (Å²) in [5, 5.41) is 19.4. The molecule has 0 spiro atoms. The zero-order valence-corrected chi connectivity index (χ0v) is 14.2. The minimum absolute atomic E-state index is 0.0233. The van der Waals surface area contributed by atoms with E-state index in [4.69, 9.17) is 0 Å². The van der Waals surface area contributed by atoms with Gasteiger partial charge in [0.1, 0.15) is 0 Å². The van der Waals surface area contributed by atoms with Gasteiger partial charge in [-0.25, -0.2) is 0 Å². The molecule has 0 bridgehead atoms. The minimum atomic E-state index is -0.0753. The predicted octanol–water partition coefficient (Wildman–Crippen LogP) is 2.02. The lowest BCUT2D eigenvalue weighted by Gasteiger charge is -2.26. The molecule has 1 aromatic heterocycles. The second-order valence-corrected chi connectivity index (χ2v) is 6.57. The van der Waals surface area contributed by atoms with Crippen LogP contribution in [0.1, 0.15) is 42.3 Å². The van der Waals surface area contributed by atoms with E-state index in [9.17, 15) is 9.90 Å². The first-order valence-electron chi connectivity index (χ1n) is 8.35. The van der Waals surface area contributed by atoms with E-state index in [2.05, 4.69) is 34.3 Å². The number of aromatic nitrogens is 2. The third-order valence-corrected chi connectivity index (χ3v) is 4.48. The quantitative estimate of drug-likeness (QED) is 0.784. The maximum atomic E-state index is 12.3. The number of rotatable bonds is 5. The highest BCUT2D eigenvalue weighted by Crippen LogP contribution is 2.21. The van der Waals surface area contributed by atoms with Crippen molar-refractivity contribution in [2.24, 2.45) is 0 Å². The number of aromatic amines is 1. The van der Waals surface area contributed by atoms with Crippen LogP contribution in [0.25, 0.3) is 0 Å². The van der Waals surface area contributed by atoms with E-state index >= 15 is 0 Å². The highest BCUT2D eigenvalue weighted by molar-refractivity contribution is 5.92. The molecule has 2 heterocycles. The number of H-pyrrole nitrogens is 1. The van der Waals surface area contributed by atoms with E-state index < -0.39 is 0 Å². The molecule has 1 aliphatic rings. The number of carbonyl (C=O) groups excluding carboxylic acids is 1. The van der Waals surface area contributed by atoms with Crippen LogP contribution in [0.4, 0.5) is 5.69 Å². The summed E-state index contributed by atoms with van der Waals surface area (Å²) >= 11 is 0. The number of benzene rings is 1. The van der Waals surface area contributed by atoms with Crippen LogP contribution in [-0.4, -0.2) is 39.2 Å². The van der Waals surface area contributed by atoms with Crippen LogP contribution in [0.15, 0.2) is 24.3 Å². The van der Waals surface area contributed by atoms with Gasteiger partial charge in [0.25, 0.3) is 0 Å². The first-order valence-corrected chi connectivity index (χ1v) is 8.35. The first kappa shape index (κ1) is 16.7. The Bertz CT molecular complexity index is 693. The zero-order valence-electron chi connectivity index (χ0n) is 14.2. The Hall–Kier alpha value is -2.18. The van der Waals surface area contributed by atoms with Crippen molar-refractivity contribution in [3.63, 3.8) is 0 Å². The van der Waals surface area contributed by atoms with E-state index in [0.29, 0.717) is 24.7 Å². The molecule has 3 N–H and O–H groups in total. The number of nitrogens with zero attached hydrogens (tertiary/aromatic N) is 2. The molecule has 0 radical (unpaired) electrons. The summed E-state index contributed by atoms with van der Waals surface area (Å²) in [6.45, 7) is 6.00. The molecule has 0 atom stereocenters. The number of fused-ring (bicyclic) bond motifs is 1. The average Bonchev–Trinajstić information content (AvgIpc) is 2.97. The molecule has 128 valence electrons. The van der Waals surface area contributed by atoms with Crippen molar-refractivity contribution in [2.45, 2.75) is 39.3 Å². The maximum absolute atomic E-state index is 12.3. The van der Waals surface area contributed by atoms with Crippen molar-refractivity contribution in [2.75, 3.05) is 18.4 Å². The highest BCUT2D eigenvalue weighted by atomic mass is 16.3. The van der Waals surface area contributed by atoms with Crippen molar-refractivity contribution in [3.05, 3.63) is 46.8 Å². The van der Waals surface area contributed by atoms with Crippen molar-refractivity contribution in [3.8, 4) is 0 Å². The Morgan fingerprint density at radius 2 is 2.12 bits per heavy atom. The monoisotopic (exact) mass is 328 g/mol. The summed E-state index contributed by atoms with van der Waals surface area (Å²) in [7, 11) is 0. The van der Waals surface area contributed by atoms with Crippen molar-refractivity contribution in [1.82, 2.24) is 15.1 Å². The van der Waals surface area contributed by atoms with Crippen LogP contribution in [0.2, 0.25) is 0 Å². The SMILES string of the molecule is CC(C)c1ccc(NC(=O)CN2CCc3[nH]nc(CO)c3C2)cc1. The van der Waals surface area contributed by atoms with Gasteiger partial charge < -0.3 is 10.4 Å². The summed E-state index contributed by atoms with van der Waals surface area (Å²) in [6.07, 6.45) is 0.818. The summed E-state index contributed by atoms with van der Waals surface area (Å²) in [6, 6.07) is 7.99. The molecule has 0 saturated heterocycles. The van der Waals surface area contributed by atoms with Gasteiger partial charge in [0, 0.05) is 36.5 Å². The molecule has 6 heteroatoms. The van der Waals surface area contributed by atoms with Gasteiger partial charge in [0.05, 0.1) is 18.8 Å². The van der Waals surface area contributed by atoms with Gasteiger partial charge in [-0.3, -0.25) is 14.8 Å². The summed E-state index contributed by atoms with van der Waals surface area (Å²) in [5.41, 5.74) is 4.85. The topological polar surface area (TPSA) is 81.2 Å². The van der Waals surface area contributed by atoms with Crippen LogP contribution in [-0.2, 0) is 24.4 Å². The number of hydrogen-bond donors (Lipinski definition) is 3. The fourth-order valence-corrected chi connectivity index (χ4v) is 3.03. The highest BCUT2D eigenvalue weighted by Gasteiger charge is 2.23. The molecule has 1 aromatic carbocycles. The Morgan fingerprint density at radius 3 is 2.79 bits per heavy atom. The van der Waals surface area contributed by atoms with Gasteiger partial charge >= 0.3 is 0 Å². The Kier molecular flexibility index (Phi) is 4.97. The number of anilines is 1. The zero-order chi connectivity index (χ0) is 17.1. The van der Waals surface area contributed by atoms with Crippen LogP contribution in [0.3, 0.4) is 0 Å². The number of carbonyl (C=O) groups is 1. The van der Waals surface area contributed by atoms with Crippen LogP contribution in [0, 0.1) is 0 Å². The Labute approximate surface area is 141 Å². The molecule has 24 heavy (non-hydrogen) atoms. The number of amides is 1. The lowest BCUT2D eigenvalue weighted by Crippen LogP contribution is -2.37. The molecule has 3 rings (SSSR count). The fourth-order valence-electron chi connectivity index (χ4n) is 3.03. The van der Waals surface area contributed by atoms with Crippen LogP contribution < -0.4 is 5.32 Å². The Morgan fingerprint density at radius 1 is 1.38 bits per heavy atom. The molecule has 0 saturated carbocycles. The van der Waals surface area contributed by atoms with E-state index in [-0.39, 0.29) is 12.5 Å². The number of hydrogen-bond acceptors (Lipinski definition) is 4. The van der Waals surface area contributed by atoms with Gasteiger partial charge in [-0.05, 0) is 23.6 Å². The number of aliphatic hydroxyl groups is 1. The van der Waals surface area contributed by atoms with Crippen molar-refractivity contribution < 1.29 is 9.90 Å². The largest absolute Gasteiger partial charge is 0.390 e. The molecule has 0 aliphatic carbocycles. The van der Waals surface area contributed by atoms with E-state index in [1.54, 1.807) is 0 Å². The molecular formula is C18H24N4O2. The molecule has 1 aliphatic heterocycles. The van der Waals surface area contributed by atoms with E-state index in [1.807, 2.05) is 24.3 Å². The summed E-state index contributed by atoms with van der Waals surface area (Å²) in [5.74, 6) is 0.456. The standard InChI is InChI=1S/C18H24N4O2/c1-12(2)13-3-5-14(6-4-13)19-18(24)10-22-8-7-16-15(9-22)17(11-23)21-20-16/h3-6,12,23H,7-11H2,1-2H3,(H,19,24)(H,20,21).